The highest BCUT2D eigenvalue weighted by Gasteiger charge is 2.08. The molecule has 1 N–H and O–H groups in total. The maximum atomic E-state index is 8.93. The van der Waals surface area contributed by atoms with Gasteiger partial charge in [0.2, 0.25) is 0 Å². The molecule has 1 unspecified atom stereocenters. The van der Waals surface area contributed by atoms with E-state index in [9.17, 15) is 0 Å². The number of nitriles is 1. The molecule has 0 radical (unpaired) electrons. The molecule has 90 valence electrons. The van der Waals surface area contributed by atoms with E-state index in [-0.39, 0.29) is 6.04 Å². The Morgan fingerprint density at radius 3 is 2.67 bits per heavy atom. The summed E-state index contributed by atoms with van der Waals surface area (Å²) in [5.41, 5.74) is 1.58. The molecule has 0 amide bonds. The minimum absolute atomic E-state index is 0.191. The van der Waals surface area contributed by atoms with Crippen LogP contribution in [-0.4, -0.2) is 16.0 Å². The van der Waals surface area contributed by atoms with Crippen LogP contribution < -0.4 is 5.32 Å². The first-order valence-corrected chi connectivity index (χ1v) is 5.81. The van der Waals surface area contributed by atoms with Crippen LogP contribution in [0.1, 0.15) is 18.2 Å². The molecule has 1 aromatic heterocycles. The first-order chi connectivity index (χ1) is 8.79. The lowest BCUT2D eigenvalue weighted by Gasteiger charge is -2.14. The summed E-state index contributed by atoms with van der Waals surface area (Å²) in [7, 11) is 0. The van der Waals surface area contributed by atoms with E-state index in [1.54, 1.807) is 6.20 Å². The van der Waals surface area contributed by atoms with Gasteiger partial charge in [-0.1, -0.05) is 30.3 Å². The Morgan fingerprint density at radius 1 is 1.22 bits per heavy atom. The topological polar surface area (TPSA) is 61.6 Å². The van der Waals surface area contributed by atoms with Crippen molar-refractivity contribution in [2.45, 2.75) is 19.4 Å². The van der Waals surface area contributed by atoms with E-state index in [1.807, 2.05) is 24.3 Å². The van der Waals surface area contributed by atoms with Gasteiger partial charge in [0.1, 0.15) is 6.07 Å². The molecule has 2 aromatic rings. The van der Waals surface area contributed by atoms with Crippen molar-refractivity contribution in [2.75, 3.05) is 5.32 Å². The van der Waals surface area contributed by atoms with Crippen molar-refractivity contribution >= 4 is 5.82 Å². The number of hydrogen-bond acceptors (Lipinski definition) is 4. The third-order valence-electron chi connectivity index (χ3n) is 2.57. The Kier molecular flexibility index (Phi) is 3.87. The van der Waals surface area contributed by atoms with Gasteiger partial charge in [-0.25, -0.2) is 9.97 Å². The summed E-state index contributed by atoms with van der Waals surface area (Å²) in [4.78, 5) is 8.11. The number of benzene rings is 1. The lowest BCUT2D eigenvalue weighted by Crippen LogP contribution is -2.19. The zero-order valence-electron chi connectivity index (χ0n) is 10.2. The van der Waals surface area contributed by atoms with Crippen molar-refractivity contribution in [1.82, 2.24) is 9.97 Å². The Labute approximate surface area is 106 Å². The molecule has 0 bridgehead atoms. The van der Waals surface area contributed by atoms with Gasteiger partial charge in [0.25, 0.3) is 0 Å². The summed E-state index contributed by atoms with van der Waals surface area (Å²) >= 11 is 0. The van der Waals surface area contributed by atoms with Crippen LogP contribution in [0.15, 0.2) is 42.7 Å². The molecule has 1 atom stereocenters. The third kappa shape index (κ3) is 3.05. The minimum atomic E-state index is 0.191. The van der Waals surface area contributed by atoms with Gasteiger partial charge in [-0.2, -0.15) is 5.26 Å². The molecule has 4 heteroatoms. The van der Waals surface area contributed by atoms with E-state index in [0.717, 1.165) is 6.42 Å². The first-order valence-electron chi connectivity index (χ1n) is 5.81. The maximum absolute atomic E-state index is 8.93. The summed E-state index contributed by atoms with van der Waals surface area (Å²) < 4.78 is 0. The van der Waals surface area contributed by atoms with E-state index in [0.29, 0.717) is 11.5 Å². The molecular formula is C14H14N4. The van der Waals surface area contributed by atoms with Crippen molar-refractivity contribution < 1.29 is 0 Å². The molecule has 0 aliphatic carbocycles. The van der Waals surface area contributed by atoms with Gasteiger partial charge in [0.15, 0.2) is 11.5 Å². The van der Waals surface area contributed by atoms with Crippen LogP contribution in [0.5, 0.6) is 0 Å². The van der Waals surface area contributed by atoms with Crippen LogP contribution in [0, 0.1) is 11.3 Å². The second-order valence-corrected chi connectivity index (χ2v) is 4.10. The van der Waals surface area contributed by atoms with Gasteiger partial charge in [-0.05, 0) is 18.9 Å². The molecule has 0 fully saturated rings. The Bertz CT molecular complexity index is 545. The van der Waals surface area contributed by atoms with Crippen molar-refractivity contribution in [2.24, 2.45) is 0 Å². The van der Waals surface area contributed by atoms with Gasteiger partial charge in [0.05, 0.1) is 0 Å². The summed E-state index contributed by atoms with van der Waals surface area (Å²) in [5.74, 6) is 0.545. The lowest BCUT2D eigenvalue weighted by atomic mass is 10.1. The van der Waals surface area contributed by atoms with E-state index >= 15 is 0 Å². The van der Waals surface area contributed by atoms with Crippen LogP contribution >= 0.6 is 0 Å². The third-order valence-corrected chi connectivity index (χ3v) is 2.57. The van der Waals surface area contributed by atoms with Crippen LogP contribution in [0.2, 0.25) is 0 Å². The predicted octanol–water partition coefficient (Wildman–Crippen LogP) is 2.39. The van der Waals surface area contributed by atoms with Crippen molar-refractivity contribution in [1.29, 1.82) is 5.26 Å². The molecule has 1 aromatic carbocycles. The molecular weight excluding hydrogens is 224 g/mol. The molecule has 0 saturated carbocycles. The fourth-order valence-corrected chi connectivity index (χ4v) is 1.78. The van der Waals surface area contributed by atoms with Crippen molar-refractivity contribution in [3.8, 4) is 6.07 Å². The van der Waals surface area contributed by atoms with Crippen LogP contribution in [0.4, 0.5) is 5.82 Å². The SMILES string of the molecule is CC(Cc1ccccc1)Nc1nccnc1C#N. The quantitative estimate of drug-likeness (QED) is 0.888. The van der Waals surface area contributed by atoms with Gasteiger partial charge < -0.3 is 5.32 Å². The zero-order valence-corrected chi connectivity index (χ0v) is 10.2. The summed E-state index contributed by atoms with van der Waals surface area (Å²) in [6.45, 7) is 2.06. The monoisotopic (exact) mass is 238 g/mol. The van der Waals surface area contributed by atoms with Crippen molar-refractivity contribution in [3.63, 3.8) is 0 Å². The van der Waals surface area contributed by atoms with Gasteiger partial charge in [-0.3, -0.25) is 0 Å². The number of hydrogen-bond donors (Lipinski definition) is 1. The summed E-state index contributed by atoms with van der Waals surface area (Å²) in [6.07, 6.45) is 3.98. The standard InChI is InChI=1S/C14H14N4/c1-11(9-12-5-3-2-4-6-12)18-14-13(10-15)16-7-8-17-14/h2-8,11H,9H2,1H3,(H,17,18). The number of nitrogens with zero attached hydrogens (tertiary/aromatic N) is 3. The average molecular weight is 238 g/mol. The zero-order chi connectivity index (χ0) is 12.8. The molecule has 2 rings (SSSR count). The smallest absolute Gasteiger partial charge is 0.182 e. The van der Waals surface area contributed by atoms with Crippen molar-refractivity contribution in [3.05, 3.63) is 54.0 Å². The average Bonchev–Trinajstić information content (AvgIpc) is 2.40. The highest BCUT2D eigenvalue weighted by molar-refractivity contribution is 5.47. The van der Waals surface area contributed by atoms with E-state index in [4.69, 9.17) is 5.26 Å². The van der Waals surface area contributed by atoms with Crippen LogP contribution in [-0.2, 0) is 6.42 Å². The van der Waals surface area contributed by atoms with E-state index in [1.165, 1.54) is 11.8 Å². The van der Waals surface area contributed by atoms with Crippen LogP contribution in [0.25, 0.3) is 0 Å². The molecule has 0 saturated heterocycles. The largest absolute Gasteiger partial charge is 0.365 e. The minimum Gasteiger partial charge on any atom is -0.365 e. The van der Waals surface area contributed by atoms with Gasteiger partial charge >= 0.3 is 0 Å². The molecule has 0 aliphatic heterocycles. The molecule has 1 heterocycles. The van der Waals surface area contributed by atoms with Gasteiger partial charge in [-0.15, -0.1) is 0 Å². The predicted molar refractivity (Wildman–Crippen MR) is 70.0 cm³/mol. The molecule has 0 aliphatic rings. The lowest BCUT2D eigenvalue weighted by molar-refractivity contribution is 0.782. The molecule has 18 heavy (non-hydrogen) atoms. The fourth-order valence-electron chi connectivity index (χ4n) is 1.78. The summed E-state index contributed by atoms with van der Waals surface area (Å²) in [6, 6.07) is 12.4. The second-order valence-electron chi connectivity index (χ2n) is 4.10. The van der Waals surface area contributed by atoms with Crippen LogP contribution in [0.3, 0.4) is 0 Å². The molecule has 0 spiro atoms. The highest BCUT2D eigenvalue weighted by atomic mass is 15.0. The Balaban J connectivity index is 2.04. The molecule has 4 nitrogen and oxygen atoms in total. The van der Waals surface area contributed by atoms with E-state index < -0.39 is 0 Å². The Morgan fingerprint density at radius 2 is 1.94 bits per heavy atom. The fraction of sp³-hybridized carbons (Fsp3) is 0.214. The first kappa shape index (κ1) is 12.1. The highest BCUT2D eigenvalue weighted by Crippen LogP contribution is 2.11. The van der Waals surface area contributed by atoms with Gasteiger partial charge in [0, 0.05) is 18.4 Å². The second kappa shape index (κ2) is 5.78. The number of nitrogens with one attached hydrogen (secondary N) is 1. The maximum Gasteiger partial charge on any atom is 0.182 e. The number of rotatable bonds is 4. The summed E-state index contributed by atoms with van der Waals surface area (Å²) in [5, 5.41) is 12.1. The number of aromatic nitrogens is 2. The number of anilines is 1. The Hall–Kier alpha value is -2.41. The normalized spacial score (nSPS) is 11.6. The van der Waals surface area contributed by atoms with E-state index in [2.05, 4.69) is 34.3 Å².